The van der Waals surface area contributed by atoms with E-state index in [0.717, 1.165) is 35.7 Å². The number of aromatic nitrogens is 1. The number of hydrogen-bond donors (Lipinski definition) is 3. The zero-order valence-corrected chi connectivity index (χ0v) is 25.6. The van der Waals surface area contributed by atoms with Gasteiger partial charge in [-0.3, -0.25) is 24.0 Å². The lowest BCUT2D eigenvalue weighted by molar-refractivity contribution is -0.146. The van der Waals surface area contributed by atoms with Crippen LogP contribution in [0.4, 0.5) is 0 Å². The fraction of sp³-hybridized carbons (Fsp3) is 0.441. The second-order valence-electron chi connectivity index (χ2n) is 12.4. The van der Waals surface area contributed by atoms with Crippen molar-refractivity contribution in [2.24, 2.45) is 17.8 Å². The van der Waals surface area contributed by atoms with Gasteiger partial charge in [-0.05, 0) is 61.3 Å². The van der Waals surface area contributed by atoms with Crippen molar-refractivity contribution < 1.29 is 28.7 Å². The predicted octanol–water partition coefficient (Wildman–Crippen LogP) is 2.66. The minimum Gasteiger partial charge on any atom is -0.496 e. The Bertz CT molecular complexity index is 1620. The molecular weight excluding hydrogens is 574 g/mol. The first kappa shape index (κ1) is 30.4. The van der Waals surface area contributed by atoms with Gasteiger partial charge in [-0.15, -0.1) is 0 Å². The molecule has 3 aromatic rings. The number of methoxy groups -OCH3 is 1. The highest BCUT2D eigenvalue weighted by Crippen LogP contribution is 2.43. The Labute approximate surface area is 261 Å². The maximum Gasteiger partial charge on any atom is 0.292 e. The molecule has 1 saturated carbocycles. The highest BCUT2D eigenvalue weighted by atomic mass is 16.5. The third-order valence-corrected chi connectivity index (χ3v) is 9.63. The van der Waals surface area contributed by atoms with Gasteiger partial charge in [0.25, 0.3) is 11.8 Å². The molecule has 2 aliphatic heterocycles. The molecular formula is C34H39N5O6. The van der Waals surface area contributed by atoms with Crippen LogP contribution >= 0.6 is 0 Å². The number of Topliss-reactive ketones (excluding diaryl/α,β-unsaturated/α-hetero) is 1. The van der Waals surface area contributed by atoms with Crippen LogP contribution in [-0.4, -0.2) is 83.5 Å². The van der Waals surface area contributed by atoms with Gasteiger partial charge in [-0.25, -0.2) is 0 Å². The van der Waals surface area contributed by atoms with Crippen LogP contribution in [0.25, 0.3) is 10.9 Å². The average Bonchev–Trinajstić information content (AvgIpc) is 3.84. The number of likely N-dealkylation sites (N-methyl/N-ethyl adjacent to an activating group) is 1. The number of amides is 4. The summed E-state index contributed by atoms with van der Waals surface area (Å²) in [6.45, 7) is 1.13. The van der Waals surface area contributed by atoms with Crippen molar-refractivity contribution in [2.45, 2.75) is 50.7 Å². The molecule has 1 aliphatic carbocycles. The Morgan fingerprint density at radius 1 is 1.07 bits per heavy atom. The second kappa shape index (κ2) is 12.7. The van der Waals surface area contributed by atoms with Crippen molar-refractivity contribution >= 4 is 40.3 Å². The van der Waals surface area contributed by atoms with E-state index in [1.807, 2.05) is 48.5 Å². The molecule has 11 nitrogen and oxygen atoms in total. The lowest BCUT2D eigenvalue weighted by Crippen LogP contribution is -2.55. The van der Waals surface area contributed by atoms with Crippen LogP contribution in [0.3, 0.4) is 0 Å². The summed E-state index contributed by atoms with van der Waals surface area (Å²) in [5, 5.41) is 6.40. The van der Waals surface area contributed by atoms with Gasteiger partial charge < -0.3 is 30.2 Å². The van der Waals surface area contributed by atoms with Crippen molar-refractivity contribution in [2.75, 3.05) is 27.2 Å². The summed E-state index contributed by atoms with van der Waals surface area (Å²) in [5.74, 6) is -2.26. The SMILES string of the molecule is COc1cccc2[nH]c(C(=O)N3CC4CCCC4C3C(=O)NC(CC3CCNC3=O)C(=O)C(=O)N(C)Cc3ccccc3)cc12. The average molecular weight is 614 g/mol. The minimum atomic E-state index is -1.20. The molecule has 45 heavy (non-hydrogen) atoms. The van der Waals surface area contributed by atoms with Crippen LogP contribution in [0.1, 0.15) is 48.2 Å². The second-order valence-corrected chi connectivity index (χ2v) is 12.4. The number of benzene rings is 2. The van der Waals surface area contributed by atoms with E-state index in [4.69, 9.17) is 4.74 Å². The molecule has 5 atom stereocenters. The third-order valence-electron chi connectivity index (χ3n) is 9.63. The fourth-order valence-corrected chi connectivity index (χ4v) is 7.34. The summed E-state index contributed by atoms with van der Waals surface area (Å²) in [5.41, 5.74) is 1.95. The largest absolute Gasteiger partial charge is 0.496 e. The number of likely N-dealkylation sites (tertiary alicyclic amines) is 1. The van der Waals surface area contributed by atoms with Gasteiger partial charge in [-0.1, -0.05) is 42.8 Å². The molecule has 2 saturated heterocycles. The molecule has 0 bridgehead atoms. The third kappa shape index (κ3) is 6.03. The molecule has 2 aromatic carbocycles. The maximum atomic E-state index is 14.1. The summed E-state index contributed by atoms with van der Waals surface area (Å²) in [6.07, 6.45) is 3.17. The van der Waals surface area contributed by atoms with Crippen LogP contribution in [0.5, 0.6) is 5.75 Å². The molecule has 3 aliphatic rings. The highest BCUT2D eigenvalue weighted by Gasteiger charge is 2.50. The monoisotopic (exact) mass is 613 g/mol. The smallest absolute Gasteiger partial charge is 0.292 e. The molecule has 3 N–H and O–H groups in total. The van der Waals surface area contributed by atoms with Crippen molar-refractivity contribution in [3.8, 4) is 5.75 Å². The molecule has 6 rings (SSSR count). The topological polar surface area (TPSA) is 141 Å². The van der Waals surface area contributed by atoms with E-state index in [0.29, 0.717) is 31.0 Å². The molecule has 5 unspecified atom stereocenters. The minimum absolute atomic E-state index is 0.0118. The van der Waals surface area contributed by atoms with Gasteiger partial charge >= 0.3 is 0 Å². The zero-order valence-electron chi connectivity index (χ0n) is 25.6. The Morgan fingerprint density at radius 2 is 1.87 bits per heavy atom. The fourth-order valence-electron chi connectivity index (χ4n) is 7.34. The number of carbonyl (C=O) groups excluding carboxylic acids is 5. The van der Waals surface area contributed by atoms with Crippen LogP contribution in [0, 0.1) is 17.8 Å². The van der Waals surface area contributed by atoms with Gasteiger partial charge in [0.15, 0.2) is 0 Å². The number of aromatic amines is 1. The summed E-state index contributed by atoms with van der Waals surface area (Å²) in [7, 11) is 3.12. The van der Waals surface area contributed by atoms with Gasteiger partial charge in [-0.2, -0.15) is 0 Å². The number of ether oxygens (including phenoxy) is 1. The van der Waals surface area contributed by atoms with Crippen LogP contribution in [0.15, 0.2) is 54.6 Å². The number of nitrogens with zero attached hydrogens (tertiary/aromatic N) is 2. The van der Waals surface area contributed by atoms with E-state index in [9.17, 15) is 24.0 Å². The van der Waals surface area contributed by atoms with Crippen molar-refractivity contribution in [3.63, 3.8) is 0 Å². The summed E-state index contributed by atoms with van der Waals surface area (Å²) in [4.78, 5) is 73.8. The van der Waals surface area contributed by atoms with Gasteiger partial charge in [0, 0.05) is 43.5 Å². The van der Waals surface area contributed by atoms with Gasteiger partial charge in [0.1, 0.15) is 17.5 Å². The van der Waals surface area contributed by atoms with E-state index in [2.05, 4.69) is 15.6 Å². The molecule has 11 heteroatoms. The van der Waals surface area contributed by atoms with E-state index >= 15 is 0 Å². The van der Waals surface area contributed by atoms with Gasteiger partial charge in [0.2, 0.25) is 17.6 Å². The first-order chi connectivity index (χ1) is 21.7. The Morgan fingerprint density at radius 3 is 2.60 bits per heavy atom. The first-order valence-corrected chi connectivity index (χ1v) is 15.6. The molecule has 0 radical (unpaired) electrons. The normalized spacial score (nSPS) is 23.0. The van der Waals surface area contributed by atoms with E-state index in [1.54, 1.807) is 25.1 Å². The number of hydrogen-bond acceptors (Lipinski definition) is 6. The van der Waals surface area contributed by atoms with Crippen LogP contribution < -0.4 is 15.4 Å². The number of carbonyl (C=O) groups is 5. The molecule has 1 aromatic heterocycles. The molecule has 236 valence electrons. The van der Waals surface area contributed by atoms with Crippen molar-refractivity contribution in [1.29, 1.82) is 0 Å². The zero-order chi connectivity index (χ0) is 31.7. The Balaban J connectivity index is 1.24. The summed E-state index contributed by atoms with van der Waals surface area (Å²) < 4.78 is 5.46. The summed E-state index contributed by atoms with van der Waals surface area (Å²) in [6, 6.07) is 14.6. The van der Waals surface area contributed by atoms with E-state index < -0.39 is 35.6 Å². The van der Waals surface area contributed by atoms with E-state index in [-0.39, 0.29) is 36.6 Å². The Hall–Kier alpha value is -4.67. The number of nitrogens with one attached hydrogen (secondary N) is 3. The lowest BCUT2D eigenvalue weighted by atomic mass is 9.91. The number of fused-ring (bicyclic) bond motifs is 2. The molecule has 0 spiro atoms. The van der Waals surface area contributed by atoms with Crippen molar-refractivity contribution in [3.05, 3.63) is 65.9 Å². The quantitative estimate of drug-likeness (QED) is 0.301. The first-order valence-electron chi connectivity index (χ1n) is 15.6. The standard InChI is InChI=1S/C34H39N5O6/c1-38(18-20-8-4-3-5-9-20)34(44)30(40)26(16-21-14-15-35-31(21)41)37-32(42)29-23-11-6-10-22(23)19-39(29)33(43)27-17-24-25(36-27)12-7-13-28(24)45-2/h3-5,7-9,12-13,17,21-23,26,29,36H,6,10-11,14-16,18-19H2,1-2H3,(H,35,41)(H,37,42). The number of H-pyrrole nitrogens is 1. The highest BCUT2D eigenvalue weighted by molar-refractivity contribution is 6.38. The predicted molar refractivity (Wildman–Crippen MR) is 166 cm³/mol. The van der Waals surface area contributed by atoms with E-state index in [1.165, 1.54) is 4.90 Å². The Kier molecular flexibility index (Phi) is 8.60. The molecule has 4 amide bonds. The van der Waals surface area contributed by atoms with Crippen LogP contribution in [0.2, 0.25) is 0 Å². The number of ketones is 1. The van der Waals surface area contributed by atoms with Crippen LogP contribution in [-0.2, 0) is 25.7 Å². The van der Waals surface area contributed by atoms with Crippen molar-refractivity contribution in [1.82, 2.24) is 25.4 Å². The number of rotatable bonds is 10. The van der Waals surface area contributed by atoms with Gasteiger partial charge in [0.05, 0.1) is 13.2 Å². The lowest BCUT2D eigenvalue weighted by Gasteiger charge is -2.29. The maximum absolute atomic E-state index is 14.1. The summed E-state index contributed by atoms with van der Waals surface area (Å²) >= 11 is 0. The molecule has 3 heterocycles. The molecule has 3 fully saturated rings.